The van der Waals surface area contributed by atoms with Gasteiger partial charge in [-0.15, -0.1) is 0 Å². The van der Waals surface area contributed by atoms with E-state index in [1.807, 2.05) is 6.07 Å². The zero-order chi connectivity index (χ0) is 10.3. The predicted octanol–water partition coefficient (Wildman–Crippen LogP) is -0.622. The minimum atomic E-state index is -0.661. The molecule has 0 aliphatic carbocycles. The summed E-state index contributed by atoms with van der Waals surface area (Å²) in [6.45, 7) is 1.94. The molecule has 0 aromatic carbocycles. The van der Waals surface area contributed by atoms with Crippen molar-refractivity contribution in [2.24, 2.45) is 5.73 Å². The Morgan fingerprint density at radius 1 is 1.77 bits per heavy atom. The van der Waals surface area contributed by atoms with Gasteiger partial charge >= 0.3 is 0 Å². The Morgan fingerprint density at radius 3 is 2.85 bits per heavy atom. The molecule has 2 unspecified atom stereocenters. The highest BCUT2D eigenvalue weighted by molar-refractivity contribution is 5.81. The van der Waals surface area contributed by atoms with Crippen LogP contribution in [0.15, 0.2) is 0 Å². The highest BCUT2D eigenvalue weighted by Gasteiger charge is 2.14. The van der Waals surface area contributed by atoms with Gasteiger partial charge in [0.1, 0.15) is 6.04 Å². The first-order valence-electron chi connectivity index (χ1n) is 4.03. The van der Waals surface area contributed by atoms with E-state index in [4.69, 9.17) is 15.7 Å². The molecule has 0 aromatic heterocycles. The summed E-state index contributed by atoms with van der Waals surface area (Å²) >= 11 is 0. The van der Waals surface area contributed by atoms with Crippen LogP contribution in [-0.4, -0.2) is 31.7 Å². The Labute approximate surface area is 77.9 Å². The second-order valence-corrected chi connectivity index (χ2v) is 2.83. The maximum atomic E-state index is 11.2. The van der Waals surface area contributed by atoms with Crippen LogP contribution < -0.4 is 11.1 Å². The van der Waals surface area contributed by atoms with Gasteiger partial charge in [0.05, 0.1) is 19.1 Å². The topological polar surface area (TPSA) is 88.1 Å². The number of carbonyl (C=O) groups excluding carboxylic acids is 1. The zero-order valence-electron chi connectivity index (χ0n) is 7.91. The van der Waals surface area contributed by atoms with Crippen LogP contribution in [0.4, 0.5) is 0 Å². The minimum Gasteiger partial charge on any atom is -0.383 e. The number of nitriles is 1. The summed E-state index contributed by atoms with van der Waals surface area (Å²) in [4.78, 5) is 11.2. The third-order valence-corrected chi connectivity index (χ3v) is 1.47. The number of hydrogen-bond donors (Lipinski definition) is 2. The summed E-state index contributed by atoms with van der Waals surface area (Å²) in [5, 5.41) is 10.9. The number of nitrogens with two attached hydrogens (primary N) is 1. The van der Waals surface area contributed by atoms with Gasteiger partial charge < -0.3 is 15.8 Å². The Bertz CT molecular complexity index is 200. The molecule has 2 atom stereocenters. The molecule has 0 saturated carbocycles. The average molecular weight is 185 g/mol. The second kappa shape index (κ2) is 6.40. The van der Waals surface area contributed by atoms with Crippen LogP contribution in [0, 0.1) is 11.3 Å². The first-order chi connectivity index (χ1) is 6.11. The smallest absolute Gasteiger partial charge is 0.239 e. The van der Waals surface area contributed by atoms with Gasteiger partial charge in [-0.2, -0.15) is 5.26 Å². The lowest BCUT2D eigenvalue weighted by Gasteiger charge is -2.14. The van der Waals surface area contributed by atoms with Gasteiger partial charge in [0.15, 0.2) is 0 Å². The van der Waals surface area contributed by atoms with E-state index in [-0.39, 0.29) is 25.0 Å². The van der Waals surface area contributed by atoms with E-state index < -0.39 is 6.04 Å². The van der Waals surface area contributed by atoms with Gasteiger partial charge in [0, 0.05) is 13.2 Å². The Balaban J connectivity index is 3.79. The molecule has 0 saturated heterocycles. The van der Waals surface area contributed by atoms with Crippen molar-refractivity contribution in [1.29, 1.82) is 5.26 Å². The van der Waals surface area contributed by atoms with Crippen molar-refractivity contribution < 1.29 is 9.53 Å². The van der Waals surface area contributed by atoms with Crippen LogP contribution in [0.25, 0.3) is 0 Å². The fourth-order valence-electron chi connectivity index (χ4n) is 0.793. The van der Waals surface area contributed by atoms with E-state index in [1.165, 1.54) is 7.11 Å². The quantitative estimate of drug-likeness (QED) is 0.597. The molecular weight excluding hydrogens is 170 g/mol. The van der Waals surface area contributed by atoms with Gasteiger partial charge in [-0.25, -0.2) is 0 Å². The van der Waals surface area contributed by atoms with Gasteiger partial charge in [0.25, 0.3) is 0 Å². The van der Waals surface area contributed by atoms with Crippen LogP contribution in [0.1, 0.15) is 13.3 Å². The monoisotopic (exact) mass is 185 g/mol. The van der Waals surface area contributed by atoms with Gasteiger partial charge in [-0.05, 0) is 6.92 Å². The lowest BCUT2D eigenvalue weighted by molar-refractivity contribution is -0.124. The van der Waals surface area contributed by atoms with Gasteiger partial charge in [-0.3, -0.25) is 4.79 Å². The molecule has 0 spiro atoms. The maximum Gasteiger partial charge on any atom is 0.239 e. The molecule has 74 valence electrons. The van der Waals surface area contributed by atoms with E-state index in [9.17, 15) is 4.79 Å². The van der Waals surface area contributed by atoms with Crippen LogP contribution >= 0.6 is 0 Å². The van der Waals surface area contributed by atoms with Crippen molar-refractivity contribution in [3.63, 3.8) is 0 Å². The second-order valence-electron chi connectivity index (χ2n) is 2.83. The van der Waals surface area contributed by atoms with E-state index in [1.54, 1.807) is 6.92 Å². The van der Waals surface area contributed by atoms with Crippen LogP contribution in [-0.2, 0) is 9.53 Å². The number of amides is 1. The molecule has 1 amide bonds. The Kier molecular flexibility index (Phi) is 5.85. The fourth-order valence-corrected chi connectivity index (χ4v) is 0.793. The van der Waals surface area contributed by atoms with E-state index >= 15 is 0 Å². The number of carbonyl (C=O) groups is 1. The van der Waals surface area contributed by atoms with Crippen molar-refractivity contribution in [2.75, 3.05) is 13.7 Å². The van der Waals surface area contributed by atoms with E-state index in [0.29, 0.717) is 0 Å². The van der Waals surface area contributed by atoms with E-state index in [0.717, 1.165) is 0 Å². The number of nitrogens with zero attached hydrogens (tertiary/aromatic N) is 1. The maximum absolute atomic E-state index is 11.2. The fraction of sp³-hybridized carbons (Fsp3) is 0.750. The molecule has 0 aliphatic rings. The standard InChI is InChI=1S/C8H15N3O2/c1-6(3-4-9)11-8(12)7(10)5-13-2/h6-7H,3,5,10H2,1-2H3,(H,11,12). The lowest BCUT2D eigenvalue weighted by atomic mass is 10.2. The van der Waals surface area contributed by atoms with Crippen molar-refractivity contribution >= 4 is 5.91 Å². The van der Waals surface area contributed by atoms with Crippen molar-refractivity contribution in [2.45, 2.75) is 25.4 Å². The summed E-state index contributed by atoms with van der Waals surface area (Å²) in [5.74, 6) is -0.287. The third kappa shape index (κ3) is 5.17. The minimum absolute atomic E-state index is 0.166. The molecule has 0 radical (unpaired) electrons. The van der Waals surface area contributed by atoms with Gasteiger partial charge in [-0.1, -0.05) is 0 Å². The predicted molar refractivity (Wildman–Crippen MR) is 47.7 cm³/mol. The van der Waals surface area contributed by atoms with Crippen LogP contribution in [0.2, 0.25) is 0 Å². The Hall–Kier alpha value is -1.12. The van der Waals surface area contributed by atoms with Crippen LogP contribution in [0.5, 0.6) is 0 Å². The number of hydrogen-bond acceptors (Lipinski definition) is 4. The summed E-state index contributed by atoms with van der Waals surface area (Å²) in [5.41, 5.74) is 5.45. The molecule has 13 heavy (non-hydrogen) atoms. The number of ether oxygens (including phenoxy) is 1. The molecule has 0 bridgehead atoms. The molecule has 0 aliphatic heterocycles. The molecule has 3 N–H and O–H groups in total. The summed E-state index contributed by atoms with van der Waals surface area (Å²) in [6, 6.07) is 1.13. The molecule has 5 heteroatoms. The number of rotatable bonds is 5. The summed E-state index contributed by atoms with van der Waals surface area (Å²) < 4.78 is 4.72. The average Bonchev–Trinajstić information content (AvgIpc) is 2.05. The highest BCUT2D eigenvalue weighted by atomic mass is 16.5. The summed E-state index contributed by atoms with van der Waals surface area (Å²) in [6.07, 6.45) is 0.283. The van der Waals surface area contributed by atoms with Crippen molar-refractivity contribution in [3.8, 4) is 6.07 Å². The van der Waals surface area contributed by atoms with Gasteiger partial charge in [0.2, 0.25) is 5.91 Å². The summed E-state index contributed by atoms with van der Waals surface area (Å²) in [7, 11) is 1.48. The first-order valence-corrected chi connectivity index (χ1v) is 4.03. The van der Waals surface area contributed by atoms with Crippen molar-refractivity contribution in [1.82, 2.24) is 5.32 Å². The largest absolute Gasteiger partial charge is 0.383 e. The molecule has 0 heterocycles. The molecular formula is C8H15N3O2. The lowest BCUT2D eigenvalue weighted by Crippen LogP contribution is -2.46. The normalized spacial score (nSPS) is 14.3. The zero-order valence-corrected chi connectivity index (χ0v) is 7.91. The van der Waals surface area contributed by atoms with Crippen molar-refractivity contribution in [3.05, 3.63) is 0 Å². The molecule has 5 nitrogen and oxygen atoms in total. The number of nitrogens with one attached hydrogen (secondary N) is 1. The molecule has 0 fully saturated rings. The third-order valence-electron chi connectivity index (χ3n) is 1.47. The Morgan fingerprint density at radius 2 is 2.38 bits per heavy atom. The molecule has 0 aromatic rings. The molecule has 0 rings (SSSR count). The van der Waals surface area contributed by atoms with Crippen LogP contribution in [0.3, 0.4) is 0 Å². The first kappa shape index (κ1) is 11.9. The van der Waals surface area contributed by atoms with E-state index in [2.05, 4.69) is 5.32 Å². The SMILES string of the molecule is COCC(N)C(=O)NC(C)CC#N. The highest BCUT2D eigenvalue weighted by Crippen LogP contribution is 1.89. The number of methoxy groups -OCH3 is 1.